The summed E-state index contributed by atoms with van der Waals surface area (Å²) in [5.41, 5.74) is 1.19. The number of rotatable bonds is 9. The SMILES string of the molecule is C/C(=C\c1ccc(O[C@@H]2O[C@H](/C(C)=C/COc3ccc(F)c(F)c3)C[C@@H]2F)c(O)c1)C(=O)N[C@@H]1[C@H](O)[C@@H](O)[C@H]2OCO[C@H]2[C@@H]1O. The van der Waals surface area contributed by atoms with Crippen molar-refractivity contribution in [2.75, 3.05) is 13.4 Å². The molecule has 2 aliphatic heterocycles. The lowest BCUT2D eigenvalue weighted by molar-refractivity contribution is -0.155. The lowest BCUT2D eigenvalue weighted by atomic mass is 9.83. The Balaban J connectivity index is 1.15. The Hall–Kier alpha value is -3.66. The molecule has 0 unspecified atom stereocenters. The quantitative estimate of drug-likeness (QED) is 0.204. The standard InChI is InChI=1S/C31H34F3NO10/c1-14(7-8-41-17-4-5-18(32)19(33)11-17)23-12-20(34)31(45-23)44-22-6-3-16(10-21(22)36)9-15(2)30(40)35-24-25(37)27(39)29-28(26(24)38)42-13-43-29/h3-7,9-11,20,23-29,31,36-39H,8,12-13H2,1-2H3,(H,35,40)/b14-7+,15-9+/t20-,23-,24+,25-,26+,27+,28-,29+,31+/m0/s1. The highest BCUT2D eigenvalue weighted by Gasteiger charge is 2.53. The Morgan fingerprint density at radius 2 is 1.76 bits per heavy atom. The molecule has 2 aromatic carbocycles. The zero-order valence-electron chi connectivity index (χ0n) is 24.3. The fourth-order valence-electron chi connectivity index (χ4n) is 5.37. The number of nitrogens with one attached hydrogen (secondary N) is 1. The van der Waals surface area contributed by atoms with Gasteiger partial charge in [0.1, 0.15) is 49.7 Å². The number of aromatic hydroxyl groups is 1. The minimum absolute atomic E-state index is 0.0145. The number of carbonyl (C=O) groups is 1. The molecule has 5 rings (SSSR count). The number of benzene rings is 2. The van der Waals surface area contributed by atoms with Crippen molar-refractivity contribution in [3.05, 3.63) is 70.8 Å². The summed E-state index contributed by atoms with van der Waals surface area (Å²) < 4.78 is 68.4. The molecular formula is C31H34F3NO10. The van der Waals surface area contributed by atoms with E-state index in [1.54, 1.807) is 13.0 Å². The van der Waals surface area contributed by atoms with Gasteiger partial charge < -0.3 is 49.4 Å². The first-order chi connectivity index (χ1) is 21.4. The summed E-state index contributed by atoms with van der Waals surface area (Å²) in [4.78, 5) is 12.8. The molecule has 1 amide bonds. The van der Waals surface area contributed by atoms with Crippen LogP contribution >= 0.6 is 0 Å². The maximum absolute atomic E-state index is 14.8. The molecule has 0 radical (unpaired) electrons. The molecule has 2 aromatic rings. The van der Waals surface area contributed by atoms with E-state index >= 15 is 0 Å². The van der Waals surface area contributed by atoms with Crippen LogP contribution in [0, 0.1) is 11.6 Å². The van der Waals surface area contributed by atoms with Crippen LogP contribution in [-0.2, 0) is 19.0 Å². The van der Waals surface area contributed by atoms with Gasteiger partial charge in [-0.15, -0.1) is 0 Å². The zero-order valence-corrected chi connectivity index (χ0v) is 24.3. The van der Waals surface area contributed by atoms with Gasteiger partial charge in [-0.3, -0.25) is 4.79 Å². The van der Waals surface area contributed by atoms with Crippen molar-refractivity contribution in [3.63, 3.8) is 0 Å². The monoisotopic (exact) mass is 637 g/mol. The lowest BCUT2D eigenvalue weighted by Gasteiger charge is -2.41. The molecule has 1 saturated carbocycles. The van der Waals surface area contributed by atoms with E-state index in [4.69, 9.17) is 23.7 Å². The van der Waals surface area contributed by atoms with Gasteiger partial charge in [-0.25, -0.2) is 13.2 Å². The number of aliphatic hydroxyl groups is 3. The minimum Gasteiger partial charge on any atom is -0.504 e. The topological polar surface area (TPSA) is 156 Å². The second kappa shape index (κ2) is 13.8. The number of phenols is 1. The Morgan fingerprint density at radius 3 is 2.47 bits per heavy atom. The van der Waals surface area contributed by atoms with Gasteiger partial charge in [0.2, 0.25) is 12.2 Å². The fourth-order valence-corrected chi connectivity index (χ4v) is 5.37. The van der Waals surface area contributed by atoms with Gasteiger partial charge in [0.15, 0.2) is 29.3 Å². The number of aliphatic hydroxyl groups excluding tert-OH is 3. The molecule has 45 heavy (non-hydrogen) atoms. The van der Waals surface area contributed by atoms with Crippen molar-refractivity contribution in [3.8, 4) is 17.2 Å². The largest absolute Gasteiger partial charge is 0.504 e. The molecule has 1 aliphatic carbocycles. The van der Waals surface area contributed by atoms with Crippen LogP contribution in [-0.4, -0.2) is 94.9 Å². The Bertz CT molecular complexity index is 1450. The molecule has 2 heterocycles. The van der Waals surface area contributed by atoms with Crippen molar-refractivity contribution in [2.24, 2.45) is 0 Å². The summed E-state index contributed by atoms with van der Waals surface area (Å²) >= 11 is 0. The molecule has 3 fully saturated rings. The molecule has 9 atom stereocenters. The zero-order chi connectivity index (χ0) is 32.4. The molecule has 244 valence electrons. The normalized spacial score (nSPS) is 31.9. The first-order valence-corrected chi connectivity index (χ1v) is 14.2. The molecule has 11 nitrogen and oxygen atoms in total. The van der Waals surface area contributed by atoms with Crippen molar-refractivity contribution in [2.45, 2.75) is 75.4 Å². The molecular weight excluding hydrogens is 603 g/mol. The third-order valence-electron chi connectivity index (χ3n) is 7.96. The van der Waals surface area contributed by atoms with E-state index in [9.17, 15) is 38.4 Å². The van der Waals surface area contributed by atoms with Crippen LogP contribution in [0.3, 0.4) is 0 Å². The van der Waals surface area contributed by atoms with Gasteiger partial charge in [0, 0.05) is 18.1 Å². The number of ether oxygens (including phenoxy) is 5. The maximum Gasteiger partial charge on any atom is 0.247 e. The van der Waals surface area contributed by atoms with Gasteiger partial charge >= 0.3 is 0 Å². The highest BCUT2D eigenvalue weighted by atomic mass is 19.2. The number of amides is 1. The summed E-state index contributed by atoms with van der Waals surface area (Å²) in [5.74, 6) is -2.93. The summed E-state index contributed by atoms with van der Waals surface area (Å²) in [6.07, 6.45) is -6.48. The van der Waals surface area contributed by atoms with Gasteiger partial charge in [-0.05, 0) is 61.4 Å². The third kappa shape index (κ3) is 7.27. The summed E-state index contributed by atoms with van der Waals surface area (Å²) in [6, 6.07) is 6.14. The number of hydrogen-bond donors (Lipinski definition) is 5. The third-order valence-corrected chi connectivity index (χ3v) is 7.96. The van der Waals surface area contributed by atoms with E-state index in [1.807, 2.05) is 0 Å². The summed E-state index contributed by atoms with van der Waals surface area (Å²) in [5, 5.41) is 44.3. The molecule has 0 bridgehead atoms. The smallest absolute Gasteiger partial charge is 0.247 e. The lowest BCUT2D eigenvalue weighted by Crippen LogP contribution is -2.67. The number of alkyl halides is 1. The van der Waals surface area contributed by atoms with E-state index < -0.39 is 72.7 Å². The number of halogens is 3. The Morgan fingerprint density at radius 1 is 1.02 bits per heavy atom. The van der Waals surface area contributed by atoms with Gasteiger partial charge in [-0.1, -0.05) is 6.07 Å². The predicted molar refractivity (Wildman–Crippen MR) is 151 cm³/mol. The predicted octanol–water partition coefficient (Wildman–Crippen LogP) is 2.25. The van der Waals surface area contributed by atoms with Crippen molar-refractivity contribution in [1.82, 2.24) is 5.32 Å². The average Bonchev–Trinajstić information content (AvgIpc) is 3.64. The molecule has 0 aromatic heterocycles. The highest BCUT2D eigenvalue weighted by molar-refractivity contribution is 5.97. The van der Waals surface area contributed by atoms with Crippen LogP contribution in [0.25, 0.3) is 6.08 Å². The van der Waals surface area contributed by atoms with E-state index in [0.717, 1.165) is 12.1 Å². The molecule has 0 spiro atoms. The Labute approximate surface area is 256 Å². The van der Waals surface area contributed by atoms with Crippen LogP contribution in [0.1, 0.15) is 25.8 Å². The van der Waals surface area contributed by atoms with Crippen LogP contribution < -0.4 is 14.8 Å². The minimum atomic E-state index is -1.52. The number of hydrogen-bond acceptors (Lipinski definition) is 10. The maximum atomic E-state index is 14.8. The molecule has 14 heteroatoms. The molecule has 2 saturated heterocycles. The van der Waals surface area contributed by atoms with Crippen molar-refractivity contribution >= 4 is 12.0 Å². The first-order valence-electron chi connectivity index (χ1n) is 14.2. The molecule has 5 N–H and O–H groups in total. The second-order valence-electron chi connectivity index (χ2n) is 11.1. The number of carbonyl (C=O) groups excluding carboxylic acids is 1. The second-order valence-corrected chi connectivity index (χ2v) is 11.1. The van der Waals surface area contributed by atoms with Crippen molar-refractivity contribution in [1.29, 1.82) is 0 Å². The number of fused-ring (bicyclic) bond motifs is 1. The summed E-state index contributed by atoms with van der Waals surface area (Å²) in [6.45, 7) is 3.04. The van der Waals surface area contributed by atoms with Gasteiger partial charge in [-0.2, -0.15) is 0 Å². The molecule has 3 aliphatic rings. The van der Waals surface area contributed by atoms with Crippen LogP contribution in [0.5, 0.6) is 17.2 Å². The van der Waals surface area contributed by atoms with Crippen molar-refractivity contribution < 1.29 is 62.1 Å². The number of phenolic OH excluding ortho intramolecular Hbond substituents is 1. The average molecular weight is 638 g/mol. The summed E-state index contributed by atoms with van der Waals surface area (Å²) in [7, 11) is 0. The van der Waals surface area contributed by atoms with E-state index in [1.165, 1.54) is 37.3 Å². The van der Waals surface area contributed by atoms with Gasteiger partial charge in [0.05, 0.1) is 12.1 Å². The van der Waals surface area contributed by atoms with Crippen LogP contribution in [0.4, 0.5) is 13.2 Å². The van der Waals surface area contributed by atoms with Crippen LogP contribution in [0.2, 0.25) is 0 Å². The van der Waals surface area contributed by atoms with E-state index in [-0.39, 0.29) is 42.6 Å². The fraction of sp³-hybridized carbons (Fsp3) is 0.452. The van der Waals surface area contributed by atoms with E-state index in [0.29, 0.717) is 11.1 Å². The van der Waals surface area contributed by atoms with E-state index in [2.05, 4.69) is 5.32 Å². The first kappa shape index (κ1) is 32.7. The van der Waals surface area contributed by atoms with Crippen LogP contribution in [0.15, 0.2) is 53.6 Å². The highest BCUT2D eigenvalue weighted by Crippen LogP contribution is 2.35. The Kier molecular flexibility index (Phi) is 10.0. The van der Waals surface area contributed by atoms with Gasteiger partial charge in [0.25, 0.3) is 0 Å².